The van der Waals surface area contributed by atoms with Crippen molar-refractivity contribution in [3.63, 3.8) is 0 Å². The third-order valence-electron chi connectivity index (χ3n) is 3.16. The molecule has 1 aliphatic heterocycles. The summed E-state index contributed by atoms with van der Waals surface area (Å²) in [6.07, 6.45) is 1.69. The first-order valence-electron chi connectivity index (χ1n) is 6.00. The maximum absolute atomic E-state index is 11.2. The quantitative estimate of drug-likeness (QED) is 0.849. The fourth-order valence-corrected chi connectivity index (χ4v) is 2.26. The van der Waals surface area contributed by atoms with E-state index < -0.39 is 11.9 Å². The summed E-state index contributed by atoms with van der Waals surface area (Å²) < 4.78 is 5.30. The van der Waals surface area contributed by atoms with Crippen LogP contribution in [0.15, 0.2) is 12.3 Å². The average Bonchev–Trinajstić information content (AvgIpc) is 2.79. The first kappa shape index (κ1) is 12.8. The second-order valence-electron chi connectivity index (χ2n) is 4.30. The highest BCUT2D eigenvalue weighted by molar-refractivity contribution is 5.72. The van der Waals surface area contributed by atoms with Gasteiger partial charge in [0, 0.05) is 12.7 Å². The van der Waals surface area contributed by atoms with Crippen LogP contribution in [0.1, 0.15) is 12.7 Å². The van der Waals surface area contributed by atoms with Crippen LogP contribution in [0.3, 0.4) is 0 Å². The molecule has 2 rings (SSSR count). The summed E-state index contributed by atoms with van der Waals surface area (Å²) in [5.41, 5.74) is 0. The lowest BCUT2D eigenvalue weighted by molar-refractivity contribution is -0.141. The maximum Gasteiger partial charge on any atom is 0.311 e. The number of nitrogens with zero attached hydrogens (tertiary/aromatic N) is 3. The van der Waals surface area contributed by atoms with Crippen molar-refractivity contribution < 1.29 is 14.6 Å². The lowest BCUT2D eigenvalue weighted by Gasteiger charge is -2.30. The van der Waals surface area contributed by atoms with Gasteiger partial charge in [0.15, 0.2) is 0 Å². The number of rotatable bonds is 4. The van der Waals surface area contributed by atoms with E-state index >= 15 is 0 Å². The van der Waals surface area contributed by atoms with Crippen molar-refractivity contribution in [1.29, 1.82) is 0 Å². The topological polar surface area (TPSA) is 75.5 Å². The van der Waals surface area contributed by atoms with Crippen LogP contribution in [0.4, 0.5) is 5.82 Å². The van der Waals surface area contributed by atoms with Gasteiger partial charge in [0.05, 0.1) is 19.3 Å². The first-order chi connectivity index (χ1) is 8.63. The molecule has 1 N–H and O–H groups in total. The molecule has 1 saturated heterocycles. The third-order valence-corrected chi connectivity index (χ3v) is 3.16. The van der Waals surface area contributed by atoms with E-state index in [1.54, 1.807) is 12.3 Å². The van der Waals surface area contributed by atoms with E-state index in [9.17, 15) is 9.90 Å². The van der Waals surface area contributed by atoms with Gasteiger partial charge in [-0.15, -0.1) is 0 Å². The number of aliphatic carboxylic acids is 1. The molecular weight excluding hydrogens is 234 g/mol. The van der Waals surface area contributed by atoms with E-state index in [4.69, 9.17) is 4.74 Å². The molecule has 0 amide bonds. The number of carboxylic acids is 1. The summed E-state index contributed by atoms with van der Waals surface area (Å²) in [5.74, 6) is 0.116. The number of carbonyl (C=O) groups is 1. The minimum Gasteiger partial charge on any atom is -0.481 e. The van der Waals surface area contributed by atoms with E-state index in [1.165, 1.54) is 0 Å². The molecule has 2 heterocycles. The highest BCUT2D eigenvalue weighted by atomic mass is 16.5. The third kappa shape index (κ3) is 2.43. The Morgan fingerprint density at radius 1 is 1.61 bits per heavy atom. The van der Waals surface area contributed by atoms with Crippen LogP contribution < -0.4 is 4.90 Å². The number of anilines is 1. The van der Waals surface area contributed by atoms with Gasteiger partial charge in [-0.2, -0.15) is 0 Å². The molecule has 0 aromatic carbocycles. The number of likely N-dealkylation sites (N-methyl/N-ethyl adjacent to an activating group) is 1. The Morgan fingerprint density at radius 3 is 3.00 bits per heavy atom. The predicted octanol–water partition coefficient (Wildman–Crippen LogP) is 0.711. The zero-order valence-corrected chi connectivity index (χ0v) is 10.5. The lowest BCUT2D eigenvalue weighted by Crippen LogP contribution is -2.43. The molecule has 0 aliphatic carbocycles. The number of hydrogen-bond donors (Lipinski definition) is 1. The molecule has 6 heteroatoms. The summed E-state index contributed by atoms with van der Waals surface area (Å²) in [6, 6.07) is 1.63. The van der Waals surface area contributed by atoms with Crippen molar-refractivity contribution in [3.8, 4) is 0 Å². The Hall–Kier alpha value is -1.69. The van der Waals surface area contributed by atoms with Crippen molar-refractivity contribution in [2.24, 2.45) is 5.92 Å². The van der Waals surface area contributed by atoms with Crippen LogP contribution >= 0.6 is 0 Å². The minimum absolute atomic E-state index is 0.165. The van der Waals surface area contributed by atoms with Crippen molar-refractivity contribution in [2.45, 2.75) is 19.9 Å². The Morgan fingerprint density at radius 2 is 2.39 bits per heavy atom. The van der Waals surface area contributed by atoms with E-state index in [2.05, 4.69) is 9.97 Å². The summed E-state index contributed by atoms with van der Waals surface area (Å²) in [7, 11) is 0. The summed E-state index contributed by atoms with van der Waals surface area (Å²) in [6.45, 7) is 5.18. The van der Waals surface area contributed by atoms with Gasteiger partial charge in [0.25, 0.3) is 0 Å². The lowest BCUT2D eigenvalue weighted by atomic mass is 10.0. The maximum atomic E-state index is 11.2. The van der Waals surface area contributed by atoms with E-state index in [-0.39, 0.29) is 12.6 Å². The molecule has 18 heavy (non-hydrogen) atoms. The summed E-state index contributed by atoms with van der Waals surface area (Å²) >= 11 is 0. The molecule has 6 nitrogen and oxygen atoms in total. The Bertz CT molecular complexity index is 438. The van der Waals surface area contributed by atoms with Gasteiger partial charge in [-0.05, 0) is 19.9 Å². The molecule has 0 radical (unpaired) electrons. The molecule has 2 unspecified atom stereocenters. The van der Waals surface area contributed by atoms with Gasteiger partial charge in [0.1, 0.15) is 17.6 Å². The second kappa shape index (κ2) is 5.30. The van der Waals surface area contributed by atoms with E-state index in [0.29, 0.717) is 19.0 Å². The normalized spacial score (nSPS) is 23.0. The van der Waals surface area contributed by atoms with Crippen LogP contribution in [-0.4, -0.2) is 46.8 Å². The summed E-state index contributed by atoms with van der Waals surface area (Å²) in [5, 5.41) is 9.19. The van der Waals surface area contributed by atoms with Crippen LogP contribution in [0.2, 0.25) is 0 Å². The zero-order chi connectivity index (χ0) is 13.1. The standard InChI is InChI=1S/C12H17N3O3/c1-3-15(11-4-5-13-8(2)14-11)10-7-18-6-9(10)12(16)17/h4-5,9-10H,3,6-7H2,1-2H3,(H,16,17). The molecule has 0 bridgehead atoms. The van der Waals surface area contributed by atoms with Crippen molar-refractivity contribution in [1.82, 2.24) is 9.97 Å². The van der Waals surface area contributed by atoms with Gasteiger partial charge in [-0.1, -0.05) is 0 Å². The molecular formula is C12H17N3O3. The number of carboxylic acid groups (broad SMARTS) is 1. The fraction of sp³-hybridized carbons (Fsp3) is 0.583. The Balaban J connectivity index is 2.25. The number of hydrogen-bond acceptors (Lipinski definition) is 5. The van der Waals surface area contributed by atoms with Gasteiger partial charge < -0.3 is 14.7 Å². The molecule has 1 aliphatic rings. The van der Waals surface area contributed by atoms with Crippen LogP contribution in [0.25, 0.3) is 0 Å². The Labute approximate surface area is 106 Å². The van der Waals surface area contributed by atoms with Crippen LogP contribution in [0.5, 0.6) is 0 Å². The Kier molecular flexibility index (Phi) is 3.76. The van der Waals surface area contributed by atoms with Crippen molar-refractivity contribution >= 4 is 11.8 Å². The predicted molar refractivity (Wildman–Crippen MR) is 65.5 cm³/mol. The first-order valence-corrected chi connectivity index (χ1v) is 6.00. The van der Waals surface area contributed by atoms with Crippen LogP contribution in [0, 0.1) is 12.8 Å². The monoisotopic (exact) mass is 251 g/mol. The van der Waals surface area contributed by atoms with Crippen molar-refractivity contribution in [2.75, 3.05) is 24.7 Å². The molecule has 1 aromatic heterocycles. The highest BCUT2D eigenvalue weighted by Crippen LogP contribution is 2.24. The molecule has 0 spiro atoms. The number of ether oxygens (including phenoxy) is 1. The fourth-order valence-electron chi connectivity index (χ4n) is 2.26. The van der Waals surface area contributed by atoms with Gasteiger partial charge in [0.2, 0.25) is 0 Å². The number of aryl methyl sites for hydroxylation is 1. The van der Waals surface area contributed by atoms with Gasteiger partial charge in [-0.25, -0.2) is 9.97 Å². The van der Waals surface area contributed by atoms with Crippen LogP contribution in [-0.2, 0) is 9.53 Å². The smallest absolute Gasteiger partial charge is 0.311 e. The molecule has 1 fully saturated rings. The number of aromatic nitrogens is 2. The molecule has 98 valence electrons. The summed E-state index contributed by atoms with van der Waals surface area (Å²) in [4.78, 5) is 21.6. The van der Waals surface area contributed by atoms with E-state index in [1.807, 2.05) is 18.7 Å². The van der Waals surface area contributed by atoms with Crippen molar-refractivity contribution in [3.05, 3.63) is 18.1 Å². The van der Waals surface area contributed by atoms with Gasteiger partial charge in [-0.3, -0.25) is 4.79 Å². The molecule has 1 aromatic rings. The average molecular weight is 251 g/mol. The second-order valence-corrected chi connectivity index (χ2v) is 4.30. The molecule has 0 saturated carbocycles. The van der Waals surface area contributed by atoms with Gasteiger partial charge >= 0.3 is 5.97 Å². The highest BCUT2D eigenvalue weighted by Gasteiger charge is 2.38. The largest absolute Gasteiger partial charge is 0.481 e. The minimum atomic E-state index is -0.818. The zero-order valence-electron chi connectivity index (χ0n) is 10.5. The SMILES string of the molecule is CCN(c1ccnc(C)n1)C1COCC1C(=O)O. The molecule has 2 atom stereocenters. The van der Waals surface area contributed by atoms with E-state index in [0.717, 1.165) is 5.82 Å².